The molecule has 3 heterocycles. The van der Waals surface area contributed by atoms with Crippen molar-refractivity contribution < 1.29 is 18.3 Å². The summed E-state index contributed by atoms with van der Waals surface area (Å²) >= 11 is 0. The first kappa shape index (κ1) is 18.2. The van der Waals surface area contributed by atoms with Gasteiger partial charge in [0.25, 0.3) is 12.3 Å². The van der Waals surface area contributed by atoms with Gasteiger partial charge in [-0.15, -0.1) is 0 Å². The number of rotatable bonds is 6. The van der Waals surface area contributed by atoms with Crippen molar-refractivity contribution in [2.75, 3.05) is 25.0 Å². The van der Waals surface area contributed by atoms with E-state index in [9.17, 15) is 13.6 Å². The third kappa shape index (κ3) is 4.51. The van der Waals surface area contributed by atoms with Crippen LogP contribution in [0.5, 0.6) is 5.88 Å². The average molecular weight is 366 g/mol. The number of nitrogens with one attached hydrogen (secondary N) is 2. The molecular formula is C16H20F2N6O2. The van der Waals surface area contributed by atoms with Crippen molar-refractivity contribution in [3.8, 4) is 5.88 Å². The minimum atomic E-state index is -2.61. The number of nitrogens with zero attached hydrogens (tertiary/aromatic N) is 4. The van der Waals surface area contributed by atoms with Gasteiger partial charge in [-0.1, -0.05) is 0 Å². The van der Waals surface area contributed by atoms with Gasteiger partial charge in [0.15, 0.2) is 12.4 Å². The zero-order chi connectivity index (χ0) is 18.5. The van der Waals surface area contributed by atoms with E-state index < -0.39 is 18.9 Å². The molecule has 0 saturated carbocycles. The number of aromatic nitrogens is 4. The lowest BCUT2D eigenvalue weighted by atomic mass is 9.98. The van der Waals surface area contributed by atoms with E-state index in [0.29, 0.717) is 11.8 Å². The highest BCUT2D eigenvalue weighted by atomic mass is 19.3. The van der Waals surface area contributed by atoms with Crippen LogP contribution in [0.1, 0.15) is 34.9 Å². The molecule has 2 N–H and O–H groups in total. The lowest BCUT2D eigenvalue weighted by Gasteiger charge is -2.19. The zero-order valence-electron chi connectivity index (χ0n) is 14.3. The fourth-order valence-corrected chi connectivity index (χ4v) is 2.72. The molecule has 26 heavy (non-hydrogen) atoms. The molecule has 140 valence electrons. The zero-order valence-corrected chi connectivity index (χ0v) is 14.3. The van der Waals surface area contributed by atoms with Gasteiger partial charge in [-0.25, -0.2) is 18.4 Å². The molecule has 1 aliphatic heterocycles. The normalized spacial score (nSPS) is 15.2. The summed E-state index contributed by atoms with van der Waals surface area (Å²) in [7, 11) is 1.71. The Morgan fingerprint density at radius 1 is 1.46 bits per heavy atom. The van der Waals surface area contributed by atoms with Crippen molar-refractivity contribution in [1.82, 2.24) is 25.1 Å². The van der Waals surface area contributed by atoms with Crippen molar-refractivity contribution in [1.29, 1.82) is 0 Å². The Hall–Kier alpha value is -2.62. The van der Waals surface area contributed by atoms with Gasteiger partial charge in [-0.3, -0.25) is 10.1 Å². The number of ether oxygens (including phenoxy) is 1. The minimum Gasteiger partial charge on any atom is -0.472 e. The van der Waals surface area contributed by atoms with Crippen LogP contribution in [0.2, 0.25) is 0 Å². The molecule has 1 aliphatic rings. The summed E-state index contributed by atoms with van der Waals surface area (Å²) in [6.45, 7) is 1.06. The van der Waals surface area contributed by atoms with Gasteiger partial charge < -0.3 is 10.1 Å². The van der Waals surface area contributed by atoms with E-state index in [1.165, 1.54) is 23.0 Å². The van der Waals surface area contributed by atoms with Crippen molar-refractivity contribution in [3.05, 3.63) is 29.7 Å². The Labute approximate surface area is 149 Å². The molecule has 2 aromatic heterocycles. The third-order valence-corrected chi connectivity index (χ3v) is 4.06. The second-order valence-corrected chi connectivity index (χ2v) is 5.98. The number of anilines is 1. The maximum atomic E-state index is 12.4. The molecule has 2 aromatic rings. The van der Waals surface area contributed by atoms with Crippen molar-refractivity contribution >= 4 is 11.9 Å². The van der Waals surface area contributed by atoms with Crippen LogP contribution >= 0.6 is 0 Å². The summed E-state index contributed by atoms with van der Waals surface area (Å²) in [5.41, 5.74) is 0.232. The molecule has 8 nitrogen and oxygen atoms in total. The predicted molar refractivity (Wildman–Crippen MR) is 89.5 cm³/mol. The molecule has 0 spiro atoms. The van der Waals surface area contributed by atoms with Crippen LogP contribution in [0.15, 0.2) is 18.3 Å². The lowest BCUT2D eigenvalue weighted by molar-refractivity contribution is 0.0795. The summed E-state index contributed by atoms with van der Waals surface area (Å²) in [5, 5.41) is 10.4. The molecule has 10 heteroatoms. The third-order valence-electron chi connectivity index (χ3n) is 4.06. The van der Waals surface area contributed by atoms with Crippen LogP contribution in [0.25, 0.3) is 0 Å². The SMILES string of the molecule is Cn1nc(C2CCNCC2)nc1NC(=O)c1ccnc(OCC(F)F)c1. The first-order valence-electron chi connectivity index (χ1n) is 8.33. The molecule has 1 amide bonds. The smallest absolute Gasteiger partial charge is 0.272 e. The number of piperidine rings is 1. The summed E-state index contributed by atoms with van der Waals surface area (Å²) < 4.78 is 30.8. The monoisotopic (exact) mass is 366 g/mol. The van der Waals surface area contributed by atoms with E-state index in [4.69, 9.17) is 4.74 Å². The summed E-state index contributed by atoms with van der Waals surface area (Å²) in [6.07, 6.45) is 0.618. The summed E-state index contributed by atoms with van der Waals surface area (Å²) in [6, 6.07) is 2.77. The number of alkyl halides is 2. The first-order chi connectivity index (χ1) is 12.5. The maximum absolute atomic E-state index is 12.4. The Morgan fingerprint density at radius 2 is 2.23 bits per heavy atom. The number of aryl methyl sites for hydroxylation is 1. The Morgan fingerprint density at radius 3 is 2.96 bits per heavy atom. The molecule has 0 aromatic carbocycles. The number of carbonyl (C=O) groups is 1. The maximum Gasteiger partial charge on any atom is 0.272 e. The molecule has 0 atom stereocenters. The van der Waals surface area contributed by atoms with Gasteiger partial charge in [0.05, 0.1) is 0 Å². The Kier molecular flexibility index (Phi) is 5.71. The van der Waals surface area contributed by atoms with E-state index >= 15 is 0 Å². The highest BCUT2D eigenvalue weighted by Crippen LogP contribution is 2.23. The molecule has 1 fully saturated rings. The van der Waals surface area contributed by atoms with Gasteiger partial charge in [0.1, 0.15) is 0 Å². The van der Waals surface area contributed by atoms with E-state index in [0.717, 1.165) is 25.9 Å². The van der Waals surface area contributed by atoms with Gasteiger partial charge in [0.2, 0.25) is 11.8 Å². The second-order valence-electron chi connectivity index (χ2n) is 5.98. The number of pyridine rings is 1. The van der Waals surface area contributed by atoms with Gasteiger partial charge in [0, 0.05) is 30.8 Å². The van der Waals surface area contributed by atoms with E-state index in [-0.39, 0.29) is 17.4 Å². The van der Waals surface area contributed by atoms with E-state index in [1.807, 2.05) is 0 Å². The number of halogens is 2. The largest absolute Gasteiger partial charge is 0.472 e. The number of hydrogen-bond acceptors (Lipinski definition) is 6. The topological polar surface area (TPSA) is 94.0 Å². The molecule has 0 bridgehead atoms. The summed E-state index contributed by atoms with van der Waals surface area (Å²) in [4.78, 5) is 20.6. The Bertz CT molecular complexity index is 761. The van der Waals surface area contributed by atoms with Crippen LogP contribution in [0, 0.1) is 0 Å². The van der Waals surface area contributed by atoms with Gasteiger partial charge >= 0.3 is 0 Å². The molecule has 0 aliphatic carbocycles. The summed E-state index contributed by atoms with van der Waals surface area (Å²) in [5.74, 6) is 0.826. The van der Waals surface area contributed by atoms with Crippen LogP contribution in [-0.2, 0) is 7.05 Å². The lowest BCUT2D eigenvalue weighted by Crippen LogP contribution is -2.27. The number of carbonyl (C=O) groups excluding carboxylic acids is 1. The number of hydrogen-bond donors (Lipinski definition) is 2. The van der Waals surface area contributed by atoms with Crippen molar-refractivity contribution in [3.63, 3.8) is 0 Å². The molecular weight excluding hydrogens is 346 g/mol. The highest BCUT2D eigenvalue weighted by Gasteiger charge is 2.21. The predicted octanol–water partition coefficient (Wildman–Crippen LogP) is 1.57. The minimum absolute atomic E-state index is 0.0358. The average Bonchev–Trinajstić information content (AvgIpc) is 3.01. The van der Waals surface area contributed by atoms with Crippen LogP contribution in [0.4, 0.5) is 14.7 Å². The Balaban J connectivity index is 1.68. The van der Waals surface area contributed by atoms with E-state index in [1.54, 1.807) is 7.05 Å². The van der Waals surface area contributed by atoms with Crippen molar-refractivity contribution in [2.24, 2.45) is 7.05 Å². The van der Waals surface area contributed by atoms with Gasteiger partial charge in [-0.2, -0.15) is 10.1 Å². The van der Waals surface area contributed by atoms with Crippen molar-refractivity contribution in [2.45, 2.75) is 25.2 Å². The fraction of sp³-hybridized carbons (Fsp3) is 0.500. The fourth-order valence-electron chi connectivity index (χ4n) is 2.72. The first-order valence-corrected chi connectivity index (χ1v) is 8.33. The standard InChI is InChI=1S/C16H20F2N6O2/c1-24-16(21-14(23-24)10-2-5-19-6-3-10)22-15(25)11-4-7-20-13(8-11)26-9-12(17)18/h4,7-8,10,12,19H,2-3,5-6,9H2,1H3,(H,21,22,23,25). The van der Waals surface area contributed by atoms with Crippen LogP contribution in [-0.4, -0.2) is 51.8 Å². The van der Waals surface area contributed by atoms with Crippen LogP contribution in [0.3, 0.4) is 0 Å². The second kappa shape index (κ2) is 8.17. The molecule has 0 unspecified atom stereocenters. The molecule has 1 saturated heterocycles. The van der Waals surface area contributed by atoms with E-state index in [2.05, 4.69) is 25.7 Å². The van der Waals surface area contributed by atoms with Crippen LogP contribution < -0.4 is 15.4 Å². The molecule has 0 radical (unpaired) electrons. The van der Waals surface area contributed by atoms with Gasteiger partial charge in [-0.05, 0) is 32.0 Å². The molecule has 3 rings (SSSR count). The number of amides is 1. The highest BCUT2D eigenvalue weighted by molar-refractivity contribution is 6.03. The quantitative estimate of drug-likeness (QED) is 0.806.